The third-order valence-electron chi connectivity index (χ3n) is 3.52. The Morgan fingerprint density at radius 2 is 2.32 bits per heavy atom. The van der Waals surface area contributed by atoms with E-state index in [1.54, 1.807) is 13.1 Å². The fourth-order valence-corrected chi connectivity index (χ4v) is 3.52. The fourth-order valence-electron chi connectivity index (χ4n) is 2.46. The molecule has 3 N–H and O–H groups in total. The van der Waals surface area contributed by atoms with Crippen molar-refractivity contribution >= 4 is 46.9 Å². The molecule has 1 aromatic carbocycles. The van der Waals surface area contributed by atoms with Crippen molar-refractivity contribution in [3.05, 3.63) is 62.5 Å². The van der Waals surface area contributed by atoms with Gasteiger partial charge in [0.15, 0.2) is 10.8 Å². The van der Waals surface area contributed by atoms with Crippen molar-refractivity contribution in [1.29, 1.82) is 0 Å². The topological polar surface area (TPSA) is 86.6 Å². The number of aliphatic imine (C=N–C) groups is 1. The number of benzene rings is 1. The van der Waals surface area contributed by atoms with Gasteiger partial charge in [-0.2, -0.15) is 0 Å². The highest BCUT2D eigenvalue weighted by Gasteiger charge is 2.31. The summed E-state index contributed by atoms with van der Waals surface area (Å²) in [6.07, 6.45) is 1.65. The summed E-state index contributed by atoms with van der Waals surface area (Å²) in [7, 11) is 0. The molecule has 2 heterocycles. The second kappa shape index (κ2) is 7.52. The Hall–Kier alpha value is -1.94. The van der Waals surface area contributed by atoms with Gasteiger partial charge in [-0.25, -0.2) is 9.37 Å². The summed E-state index contributed by atoms with van der Waals surface area (Å²) in [6, 6.07) is 3.15. The number of amidine groups is 1. The van der Waals surface area contributed by atoms with E-state index in [1.807, 2.05) is 5.38 Å². The van der Waals surface area contributed by atoms with Crippen molar-refractivity contribution in [2.24, 2.45) is 4.99 Å². The minimum Gasteiger partial charge on any atom is -0.341 e. The van der Waals surface area contributed by atoms with E-state index in [9.17, 15) is 9.18 Å². The largest absolute Gasteiger partial charge is 0.341 e. The average Bonchev–Trinajstić information content (AvgIpc) is 3.08. The summed E-state index contributed by atoms with van der Waals surface area (Å²) < 4.78 is 24.6. The predicted molar refractivity (Wildman–Crippen MR) is 97.0 cm³/mol. The van der Waals surface area contributed by atoms with Crippen LogP contribution in [0.5, 0.6) is 0 Å². The molecule has 1 amide bonds. The predicted octanol–water partition coefficient (Wildman–Crippen LogP) is 3.54. The third-order valence-corrected chi connectivity index (χ3v) is 4.90. The lowest BCUT2D eigenvalue weighted by Crippen LogP contribution is -2.34. The first-order chi connectivity index (χ1) is 12.0. The van der Waals surface area contributed by atoms with Gasteiger partial charge in [0.1, 0.15) is 24.1 Å². The van der Waals surface area contributed by atoms with E-state index in [0.717, 1.165) is 0 Å². The Labute approximate surface area is 156 Å². The highest BCUT2D eigenvalue weighted by atomic mass is 35.5. The maximum Gasteiger partial charge on any atom is 0.263 e. The van der Waals surface area contributed by atoms with Crippen LogP contribution in [0.3, 0.4) is 0 Å². The number of rotatable bonds is 4. The third kappa shape index (κ3) is 3.69. The van der Waals surface area contributed by atoms with Crippen LogP contribution in [0.1, 0.15) is 23.5 Å². The van der Waals surface area contributed by atoms with Crippen LogP contribution in [0.4, 0.5) is 4.39 Å². The van der Waals surface area contributed by atoms with Crippen molar-refractivity contribution in [2.75, 3.05) is 0 Å². The first kappa shape index (κ1) is 17.9. The molecule has 1 unspecified atom stereocenters. The van der Waals surface area contributed by atoms with Crippen molar-refractivity contribution in [2.45, 2.75) is 13.0 Å². The van der Waals surface area contributed by atoms with E-state index in [4.69, 9.17) is 16.2 Å². The van der Waals surface area contributed by atoms with Gasteiger partial charge in [-0.05, 0) is 19.1 Å². The van der Waals surface area contributed by atoms with E-state index >= 15 is 0 Å². The molecule has 0 spiro atoms. The number of halogens is 2. The second-order valence-electron chi connectivity index (χ2n) is 5.07. The first-order valence-electron chi connectivity index (χ1n) is 7.02. The number of carbonyl (C=O) groups is 1. The van der Waals surface area contributed by atoms with Crippen molar-refractivity contribution in [3.63, 3.8) is 0 Å². The van der Waals surface area contributed by atoms with Crippen LogP contribution in [0.25, 0.3) is 0 Å². The summed E-state index contributed by atoms with van der Waals surface area (Å²) in [5, 5.41) is 5.66. The van der Waals surface area contributed by atoms with E-state index in [-0.39, 0.29) is 22.8 Å². The molecule has 0 fully saturated rings. The van der Waals surface area contributed by atoms with E-state index in [2.05, 4.69) is 20.0 Å². The Morgan fingerprint density at radius 3 is 2.96 bits per heavy atom. The molecule has 0 radical (unpaired) electrons. The number of nitrogens with zero attached hydrogens (tertiary/aromatic N) is 2. The van der Waals surface area contributed by atoms with Gasteiger partial charge in [-0.15, -0.1) is 11.3 Å². The van der Waals surface area contributed by atoms with Crippen LogP contribution in [0, 0.1) is 5.82 Å². The molecule has 1 aliphatic rings. The molecule has 6 nitrogen and oxygen atoms in total. The Balaban J connectivity index is 2.11. The smallest absolute Gasteiger partial charge is 0.263 e. The molecule has 2 aromatic rings. The lowest BCUT2D eigenvalue weighted by atomic mass is 9.95. The summed E-state index contributed by atoms with van der Waals surface area (Å²) in [5.41, 5.74) is 1.29. The van der Waals surface area contributed by atoms with Crippen molar-refractivity contribution in [1.82, 2.24) is 15.0 Å². The molecule has 25 heavy (non-hydrogen) atoms. The molecule has 0 aliphatic carbocycles. The Kier molecular flexibility index (Phi) is 5.38. The monoisotopic (exact) mass is 398 g/mol. The molecule has 1 atom stereocenters. The second-order valence-corrected chi connectivity index (χ2v) is 6.76. The van der Waals surface area contributed by atoms with Gasteiger partial charge >= 0.3 is 0 Å². The zero-order valence-electron chi connectivity index (χ0n) is 12.8. The highest BCUT2D eigenvalue weighted by molar-refractivity contribution is 7.92. The summed E-state index contributed by atoms with van der Waals surface area (Å²) in [5.74, 6) is -0.514. The number of carbonyl (C=O) groups excluding carboxylic acids is 1. The van der Waals surface area contributed by atoms with Crippen molar-refractivity contribution < 1.29 is 13.7 Å². The molecule has 0 bridgehead atoms. The normalized spacial score (nSPS) is 17.1. The molecule has 1 aliphatic heterocycles. The van der Waals surface area contributed by atoms with E-state index < -0.39 is 17.8 Å². The highest BCUT2D eigenvalue weighted by Crippen LogP contribution is 2.36. The molecular weight excluding hydrogens is 387 g/mol. The van der Waals surface area contributed by atoms with E-state index in [1.165, 1.54) is 29.5 Å². The number of thiazole rings is 1. The van der Waals surface area contributed by atoms with Gasteiger partial charge in [-0.1, -0.05) is 17.7 Å². The minimum atomic E-state index is -0.764. The number of nitrogens with one attached hydrogen (secondary N) is 2. The molecule has 130 valence electrons. The zero-order valence-corrected chi connectivity index (χ0v) is 15.2. The molecule has 10 heteroatoms. The standard InChI is InChI=1S/C15H12ClFN4O2S2/c1-7-11(14(22)21-25-23)12(9-3-2-8(17)6-10(9)16)20-13(19-7)15-18-4-5-24-15/h2-6,12,23H,1H3,(H,19,20)(H,21,22). The number of amides is 1. The number of aromatic nitrogens is 1. The fraction of sp³-hybridized carbons (Fsp3) is 0.133. The Morgan fingerprint density at radius 1 is 1.52 bits per heavy atom. The zero-order chi connectivity index (χ0) is 18.0. The lowest BCUT2D eigenvalue weighted by molar-refractivity contribution is -0.116. The van der Waals surface area contributed by atoms with Crippen molar-refractivity contribution in [3.8, 4) is 0 Å². The molecule has 0 saturated carbocycles. The maximum atomic E-state index is 13.4. The average molecular weight is 399 g/mol. The van der Waals surface area contributed by atoms with Crippen LogP contribution in [0.2, 0.25) is 5.02 Å². The molecule has 3 rings (SSSR count). The molecule has 1 aromatic heterocycles. The number of hydrogen-bond acceptors (Lipinski definition) is 7. The van der Waals surface area contributed by atoms with Crippen LogP contribution >= 0.6 is 35.2 Å². The van der Waals surface area contributed by atoms with Gasteiger partial charge in [0.25, 0.3) is 5.91 Å². The van der Waals surface area contributed by atoms with Gasteiger partial charge in [-0.3, -0.25) is 14.5 Å². The Bertz CT molecular complexity index is 870. The number of allylic oxidation sites excluding steroid dienone is 1. The lowest BCUT2D eigenvalue weighted by Gasteiger charge is -2.26. The summed E-state index contributed by atoms with van der Waals surface area (Å²) in [4.78, 5) is 21.1. The first-order valence-corrected chi connectivity index (χ1v) is 9.05. The summed E-state index contributed by atoms with van der Waals surface area (Å²) in [6.45, 7) is 1.71. The van der Waals surface area contributed by atoms with Crippen LogP contribution in [0.15, 0.2) is 46.0 Å². The van der Waals surface area contributed by atoms with Crippen LogP contribution in [-0.2, 0) is 4.79 Å². The SMILES string of the molecule is CC1=C(C(=O)NSO)C(c2ccc(F)cc2Cl)N=C(c2nccs2)N1. The maximum absolute atomic E-state index is 13.4. The molecular formula is C15H12ClFN4O2S2. The minimum absolute atomic E-state index is 0.156. The molecule has 0 saturated heterocycles. The van der Waals surface area contributed by atoms with Crippen LogP contribution < -0.4 is 10.0 Å². The van der Waals surface area contributed by atoms with Gasteiger partial charge in [0.05, 0.1) is 5.57 Å². The quantitative estimate of drug-likeness (QED) is 0.541. The van der Waals surface area contributed by atoms with Gasteiger partial charge in [0, 0.05) is 27.9 Å². The number of hydrogen-bond donors (Lipinski definition) is 3. The summed E-state index contributed by atoms with van der Waals surface area (Å²) >= 11 is 7.76. The van der Waals surface area contributed by atoms with Gasteiger partial charge in [0.2, 0.25) is 0 Å². The van der Waals surface area contributed by atoms with Gasteiger partial charge < -0.3 is 9.87 Å². The van der Waals surface area contributed by atoms with E-state index in [0.29, 0.717) is 22.1 Å². The van der Waals surface area contributed by atoms with Crippen LogP contribution in [-0.4, -0.2) is 21.3 Å².